The highest BCUT2D eigenvalue weighted by molar-refractivity contribution is 5.53. The van der Waals surface area contributed by atoms with E-state index in [1.165, 1.54) is 0 Å². The molecule has 0 fully saturated rings. The molecule has 0 amide bonds. The van der Waals surface area contributed by atoms with Crippen LogP contribution < -0.4 is 10.2 Å². The van der Waals surface area contributed by atoms with Gasteiger partial charge < -0.3 is 14.7 Å². The Bertz CT molecular complexity index is 510. The van der Waals surface area contributed by atoms with Gasteiger partial charge in [0.25, 0.3) is 0 Å². The summed E-state index contributed by atoms with van der Waals surface area (Å²) in [6, 6.07) is 7.84. The standard InChI is InChI=1S/C19H30N2O3/c1-5-6-7-17(20-24-15-18(22)14-21(2)3)11-8-16-9-12-19(23-4)13-10-16/h7-13,18,20,22H,5-6,14-15H2,1-4H3/t18-/m1/s1. The van der Waals surface area contributed by atoms with Crippen LogP contribution in [0.15, 0.2) is 42.1 Å². The molecule has 0 aliphatic heterocycles. The number of likely N-dealkylation sites (N-methyl/N-ethyl adjacent to an activating group) is 1. The van der Waals surface area contributed by atoms with Crippen LogP contribution in [-0.2, 0) is 4.84 Å². The Morgan fingerprint density at radius 2 is 2.00 bits per heavy atom. The highest BCUT2D eigenvalue weighted by Crippen LogP contribution is 2.13. The van der Waals surface area contributed by atoms with Crippen molar-refractivity contribution in [2.75, 3.05) is 34.4 Å². The van der Waals surface area contributed by atoms with Gasteiger partial charge in [-0.1, -0.05) is 37.6 Å². The van der Waals surface area contributed by atoms with Crippen LogP contribution in [0.5, 0.6) is 5.75 Å². The normalized spacial score (nSPS) is 13.5. The van der Waals surface area contributed by atoms with Gasteiger partial charge in [-0.15, -0.1) is 0 Å². The van der Waals surface area contributed by atoms with Crippen molar-refractivity contribution in [3.05, 3.63) is 47.7 Å². The average molecular weight is 334 g/mol. The molecule has 0 heterocycles. The van der Waals surface area contributed by atoms with Crippen molar-refractivity contribution in [2.24, 2.45) is 0 Å². The molecule has 1 atom stereocenters. The minimum absolute atomic E-state index is 0.234. The van der Waals surface area contributed by atoms with Crippen molar-refractivity contribution in [3.8, 4) is 5.75 Å². The maximum atomic E-state index is 9.81. The Kier molecular flexibility index (Phi) is 9.84. The van der Waals surface area contributed by atoms with E-state index in [0.717, 1.165) is 29.9 Å². The first-order valence-electron chi connectivity index (χ1n) is 8.28. The fraction of sp³-hybridized carbons (Fsp3) is 0.474. The molecular weight excluding hydrogens is 304 g/mol. The summed E-state index contributed by atoms with van der Waals surface area (Å²) in [6.07, 6.45) is 7.55. The maximum Gasteiger partial charge on any atom is 0.118 e. The van der Waals surface area contributed by atoms with Gasteiger partial charge >= 0.3 is 0 Å². The highest BCUT2D eigenvalue weighted by Gasteiger charge is 2.05. The van der Waals surface area contributed by atoms with E-state index in [2.05, 4.69) is 18.5 Å². The molecule has 0 aliphatic carbocycles. The summed E-state index contributed by atoms with van der Waals surface area (Å²) in [5.74, 6) is 0.838. The van der Waals surface area contributed by atoms with E-state index in [1.54, 1.807) is 7.11 Å². The van der Waals surface area contributed by atoms with Gasteiger partial charge in [0.05, 0.1) is 18.9 Å². The molecule has 0 radical (unpaired) electrons. The van der Waals surface area contributed by atoms with E-state index >= 15 is 0 Å². The molecule has 5 nitrogen and oxygen atoms in total. The summed E-state index contributed by atoms with van der Waals surface area (Å²) in [7, 11) is 5.49. The Morgan fingerprint density at radius 1 is 1.29 bits per heavy atom. The molecule has 0 aliphatic rings. The first-order valence-corrected chi connectivity index (χ1v) is 8.28. The Balaban J connectivity index is 2.56. The lowest BCUT2D eigenvalue weighted by molar-refractivity contribution is -0.0125. The predicted octanol–water partition coefficient (Wildman–Crippen LogP) is 2.84. The summed E-state index contributed by atoms with van der Waals surface area (Å²) >= 11 is 0. The van der Waals surface area contributed by atoms with Crippen molar-refractivity contribution in [2.45, 2.75) is 25.9 Å². The average Bonchev–Trinajstić information content (AvgIpc) is 2.56. The van der Waals surface area contributed by atoms with Crippen molar-refractivity contribution < 1.29 is 14.7 Å². The zero-order valence-electron chi connectivity index (χ0n) is 15.2. The third-order valence-electron chi connectivity index (χ3n) is 3.27. The Hall–Kier alpha value is -1.82. The number of rotatable bonds is 11. The van der Waals surface area contributed by atoms with Crippen LogP contribution in [-0.4, -0.2) is 50.5 Å². The van der Waals surface area contributed by atoms with E-state index in [-0.39, 0.29) is 6.61 Å². The van der Waals surface area contributed by atoms with Gasteiger partial charge in [0.2, 0.25) is 0 Å². The third kappa shape index (κ3) is 8.72. The van der Waals surface area contributed by atoms with Gasteiger partial charge in [-0.2, -0.15) is 0 Å². The Labute approximate surface area is 145 Å². The molecule has 1 rings (SSSR count). The second-order valence-corrected chi connectivity index (χ2v) is 5.88. The molecule has 1 aromatic rings. The summed E-state index contributed by atoms with van der Waals surface area (Å²) in [5.41, 5.74) is 4.88. The SMILES string of the molecule is CCCC=C(C=Cc1ccc(OC)cc1)NOC[C@H](O)CN(C)C. The lowest BCUT2D eigenvalue weighted by atomic mass is 10.2. The molecule has 5 heteroatoms. The molecule has 0 saturated carbocycles. The second kappa shape index (κ2) is 11.7. The molecule has 0 spiro atoms. The van der Waals surface area contributed by atoms with Crippen LogP contribution in [0.25, 0.3) is 6.08 Å². The van der Waals surface area contributed by atoms with E-state index in [0.29, 0.717) is 6.54 Å². The number of aliphatic hydroxyl groups excluding tert-OH is 1. The fourth-order valence-electron chi connectivity index (χ4n) is 2.04. The predicted molar refractivity (Wildman–Crippen MR) is 98.7 cm³/mol. The lowest BCUT2D eigenvalue weighted by Crippen LogP contribution is -2.31. The van der Waals surface area contributed by atoms with Gasteiger partial charge in [0.15, 0.2) is 0 Å². The van der Waals surface area contributed by atoms with E-state index in [9.17, 15) is 5.11 Å². The minimum Gasteiger partial charge on any atom is -0.497 e. The number of hydrogen-bond acceptors (Lipinski definition) is 5. The highest BCUT2D eigenvalue weighted by atomic mass is 16.6. The number of nitrogens with one attached hydrogen (secondary N) is 1. The van der Waals surface area contributed by atoms with Gasteiger partial charge in [0, 0.05) is 6.54 Å². The molecule has 0 saturated heterocycles. The molecule has 1 aromatic carbocycles. The largest absolute Gasteiger partial charge is 0.497 e. The third-order valence-corrected chi connectivity index (χ3v) is 3.27. The first kappa shape index (κ1) is 20.2. The smallest absolute Gasteiger partial charge is 0.118 e. The minimum atomic E-state index is -0.523. The fourth-order valence-corrected chi connectivity index (χ4v) is 2.04. The second-order valence-electron chi connectivity index (χ2n) is 5.88. The van der Waals surface area contributed by atoms with Crippen LogP contribution in [0.3, 0.4) is 0 Å². The van der Waals surface area contributed by atoms with Gasteiger partial charge in [-0.25, -0.2) is 0 Å². The number of ether oxygens (including phenoxy) is 1. The number of aliphatic hydroxyl groups is 1. The molecule has 2 N–H and O–H groups in total. The zero-order chi connectivity index (χ0) is 17.8. The van der Waals surface area contributed by atoms with Crippen LogP contribution in [0.1, 0.15) is 25.3 Å². The van der Waals surface area contributed by atoms with Crippen molar-refractivity contribution in [1.82, 2.24) is 10.4 Å². The van der Waals surface area contributed by atoms with Crippen molar-refractivity contribution in [1.29, 1.82) is 0 Å². The van der Waals surface area contributed by atoms with E-state index in [1.807, 2.05) is 55.4 Å². The van der Waals surface area contributed by atoms with Crippen LogP contribution in [0.4, 0.5) is 0 Å². The quantitative estimate of drug-likeness (QED) is 0.481. The van der Waals surface area contributed by atoms with Gasteiger partial charge in [-0.3, -0.25) is 10.3 Å². The van der Waals surface area contributed by atoms with Crippen LogP contribution in [0, 0.1) is 0 Å². The molecule has 134 valence electrons. The molecule has 0 unspecified atom stereocenters. The number of hydrogen-bond donors (Lipinski definition) is 2. The topological polar surface area (TPSA) is 54.0 Å². The number of allylic oxidation sites excluding steroid dienone is 2. The van der Waals surface area contributed by atoms with Crippen LogP contribution in [0.2, 0.25) is 0 Å². The number of hydroxylamine groups is 1. The van der Waals surface area contributed by atoms with E-state index in [4.69, 9.17) is 9.57 Å². The number of methoxy groups -OCH3 is 1. The molecular formula is C19H30N2O3. The maximum absolute atomic E-state index is 9.81. The van der Waals surface area contributed by atoms with Gasteiger partial charge in [0.1, 0.15) is 12.4 Å². The Morgan fingerprint density at radius 3 is 2.58 bits per heavy atom. The molecule has 0 aromatic heterocycles. The molecule has 0 bridgehead atoms. The number of unbranched alkanes of at least 4 members (excludes halogenated alkanes) is 1. The number of nitrogens with zero attached hydrogens (tertiary/aromatic N) is 1. The summed E-state index contributed by atoms with van der Waals surface area (Å²) in [5, 5.41) is 9.81. The van der Waals surface area contributed by atoms with Gasteiger partial charge in [-0.05, 0) is 44.3 Å². The monoisotopic (exact) mass is 334 g/mol. The zero-order valence-corrected chi connectivity index (χ0v) is 15.2. The van der Waals surface area contributed by atoms with E-state index < -0.39 is 6.10 Å². The van der Waals surface area contributed by atoms with Crippen molar-refractivity contribution >= 4 is 6.08 Å². The number of benzene rings is 1. The van der Waals surface area contributed by atoms with Crippen molar-refractivity contribution in [3.63, 3.8) is 0 Å². The summed E-state index contributed by atoms with van der Waals surface area (Å²) in [4.78, 5) is 7.34. The first-order chi connectivity index (χ1) is 11.5. The summed E-state index contributed by atoms with van der Waals surface area (Å²) in [6.45, 7) is 2.93. The lowest BCUT2D eigenvalue weighted by Gasteiger charge is -2.16. The molecule has 24 heavy (non-hydrogen) atoms. The van der Waals surface area contributed by atoms with Crippen LogP contribution >= 0.6 is 0 Å². The summed E-state index contributed by atoms with van der Waals surface area (Å²) < 4.78 is 5.16.